The number of aromatic nitrogens is 4. The number of piperazine rings is 1. The molecule has 10 heteroatoms. The first-order valence-corrected chi connectivity index (χ1v) is 13.3. The zero-order valence-electron chi connectivity index (χ0n) is 22.9. The third-order valence-corrected chi connectivity index (χ3v) is 7.68. The Bertz CT molecular complexity index is 1730. The maximum atomic E-state index is 9.70. The summed E-state index contributed by atoms with van der Waals surface area (Å²) in [6.45, 7) is 2.57. The van der Waals surface area contributed by atoms with Gasteiger partial charge in [-0.05, 0) is 30.7 Å². The van der Waals surface area contributed by atoms with E-state index in [-0.39, 0.29) is 0 Å². The summed E-state index contributed by atoms with van der Waals surface area (Å²) >= 11 is 0. The van der Waals surface area contributed by atoms with Crippen molar-refractivity contribution in [1.82, 2.24) is 24.5 Å². The van der Waals surface area contributed by atoms with Crippen LogP contribution in [0.3, 0.4) is 0 Å². The Hall–Kier alpha value is -5.19. The van der Waals surface area contributed by atoms with Gasteiger partial charge in [0, 0.05) is 97.1 Å². The predicted molar refractivity (Wildman–Crippen MR) is 158 cm³/mol. The average molecular weight is 544 g/mol. The van der Waals surface area contributed by atoms with E-state index < -0.39 is 0 Å². The summed E-state index contributed by atoms with van der Waals surface area (Å²) in [5, 5.41) is 14.1. The van der Waals surface area contributed by atoms with Gasteiger partial charge in [-0.1, -0.05) is 11.8 Å². The van der Waals surface area contributed by atoms with Gasteiger partial charge in [0.1, 0.15) is 11.9 Å². The molecule has 204 valence electrons. The van der Waals surface area contributed by atoms with Crippen LogP contribution in [-0.4, -0.2) is 76.6 Å². The van der Waals surface area contributed by atoms with Crippen molar-refractivity contribution in [3.63, 3.8) is 0 Å². The second-order valence-electron chi connectivity index (χ2n) is 10.0. The van der Waals surface area contributed by atoms with Crippen LogP contribution in [0.1, 0.15) is 23.1 Å². The van der Waals surface area contributed by atoms with Crippen LogP contribution in [0.2, 0.25) is 0 Å². The zero-order chi connectivity index (χ0) is 28.3. The molecule has 3 saturated heterocycles. The van der Waals surface area contributed by atoms with E-state index >= 15 is 0 Å². The quantitative estimate of drug-likeness (QED) is 0.291. The topological polar surface area (TPSA) is 121 Å². The van der Waals surface area contributed by atoms with Crippen molar-refractivity contribution in [2.24, 2.45) is 10.7 Å². The van der Waals surface area contributed by atoms with Crippen LogP contribution in [0.15, 0.2) is 66.3 Å². The summed E-state index contributed by atoms with van der Waals surface area (Å²) in [7, 11) is 3.30. The number of aliphatic imine (C=N–C) groups is 1. The molecule has 4 aromatic rings. The van der Waals surface area contributed by atoms with Gasteiger partial charge in [0.25, 0.3) is 0 Å². The predicted octanol–water partition coefficient (Wildman–Crippen LogP) is 2.99. The molecule has 0 aliphatic carbocycles. The van der Waals surface area contributed by atoms with Crippen LogP contribution in [0.25, 0.3) is 22.2 Å². The van der Waals surface area contributed by atoms with Crippen molar-refractivity contribution >= 4 is 23.1 Å². The number of ether oxygens (including phenoxy) is 1. The van der Waals surface area contributed by atoms with E-state index in [4.69, 9.17) is 15.5 Å². The smallest absolute Gasteiger partial charge is 0.212 e. The van der Waals surface area contributed by atoms with Gasteiger partial charge in [0.2, 0.25) is 5.88 Å². The van der Waals surface area contributed by atoms with Crippen LogP contribution in [-0.2, 0) is 0 Å². The van der Waals surface area contributed by atoms with Crippen molar-refractivity contribution in [2.75, 3.05) is 38.7 Å². The minimum Gasteiger partial charge on any atom is -0.481 e. The second-order valence-corrected chi connectivity index (χ2v) is 10.0. The van der Waals surface area contributed by atoms with Gasteiger partial charge in [-0.25, -0.2) is 14.5 Å². The molecule has 0 aromatic carbocycles. The fourth-order valence-corrected chi connectivity index (χ4v) is 5.61. The van der Waals surface area contributed by atoms with Crippen LogP contribution < -0.4 is 15.4 Å². The molecular formula is C31H29N9O. The fraction of sp³-hybridized carbons (Fsp3) is 0.258. The van der Waals surface area contributed by atoms with E-state index in [0.717, 1.165) is 58.8 Å². The third-order valence-electron chi connectivity index (χ3n) is 7.68. The molecule has 2 N–H and O–H groups in total. The van der Waals surface area contributed by atoms with Crippen molar-refractivity contribution < 1.29 is 4.74 Å². The minimum atomic E-state index is 0.460. The Balaban J connectivity index is 1.18. The van der Waals surface area contributed by atoms with Crippen molar-refractivity contribution in [1.29, 1.82) is 5.26 Å². The molecule has 7 heterocycles. The molecule has 2 unspecified atom stereocenters. The first-order chi connectivity index (χ1) is 20.1. The standard InChI is InChI=1S/C31H29N9O/c1-34-15-24(12-32)23-10-28(31-25(13-33)17-37-40(31)18-23)22-6-7-29(35-16-22)38-19-26-11-27(20-38)39(26)9-3-4-21-5-8-30(41-2)36-14-21/h5-8,10,12,14-18,26-27H,9,11,19-20,32H2,1-2H3. The lowest BCUT2D eigenvalue weighted by molar-refractivity contribution is 0.0125. The number of nitriles is 1. The molecule has 7 rings (SSSR count). The summed E-state index contributed by atoms with van der Waals surface area (Å²) in [5.41, 5.74) is 11.4. The largest absolute Gasteiger partial charge is 0.481 e. The van der Waals surface area contributed by atoms with Gasteiger partial charge < -0.3 is 15.4 Å². The molecule has 2 atom stereocenters. The number of piperidine rings is 1. The van der Waals surface area contributed by atoms with E-state index in [1.807, 2.05) is 30.6 Å². The number of hydrogen-bond acceptors (Lipinski definition) is 9. The molecule has 41 heavy (non-hydrogen) atoms. The number of nitrogens with zero attached hydrogens (tertiary/aromatic N) is 8. The number of pyridine rings is 3. The van der Waals surface area contributed by atoms with Crippen LogP contribution in [0.4, 0.5) is 5.82 Å². The number of fused-ring (bicyclic) bond motifs is 3. The highest BCUT2D eigenvalue weighted by atomic mass is 16.5. The second kappa shape index (κ2) is 11.1. The van der Waals surface area contributed by atoms with Crippen molar-refractivity contribution in [3.8, 4) is 34.9 Å². The molecule has 3 aliphatic rings. The highest BCUT2D eigenvalue weighted by molar-refractivity contribution is 6.10. The Morgan fingerprint density at radius 3 is 2.68 bits per heavy atom. The summed E-state index contributed by atoms with van der Waals surface area (Å²) in [6.07, 6.45) is 11.4. The molecule has 10 nitrogen and oxygen atoms in total. The molecule has 0 spiro atoms. The Morgan fingerprint density at radius 2 is 2.02 bits per heavy atom. The average Bonchev–Trinajstić information content (AvgIpc) is 3.45. The number of nitrogens with two attached hydrogens (primary N) is 1. The number of anilines is 1. The molecule has 3 fully saturated rings. The maximum absolute atomic E-state index is 9.70. The van der Waals surface area contributed by atoms with Gasteiger partial charge in [0.15, 0.2) is 0 Å². The Labute approximate surface area is 238 Å². The monoisotopic (exact) mass is 543 g/mol. The van der Waals surface area contributed by atoms with E-state index in [9.17, 15) is 5.26 Å². The SMILES string of the molecule is CN=CC(=CN)c1cc(-c2ccc(N3CC4CC(C3)N4CC#Cc3ccc(OC)nc3)nc2)c2c(C#N)cnn2c1. The lowest BCUT2D eigenvalue weighted by Gasteiger charge is -2.56. The number of rotatable bonds is 6. The molecule has 3 aliphatic heterocycles. The Kier molecular flexibility index (Phi) is 7.07. The summed E-state index contributed by atoms with van der Waals surface area (Å²) in [5.74, 6) is 8.05. The summed E-state index contributed by atoms with van der Waals surface area (Å²) < 4.78 is 6.82. The highest BCUT2D eigenvalue weighted by Crippen LogP contribution is 2.35. The van der Waals surface area contributed by atoms with Crippen LogP contribution >= 0.6 is 0 Å². The highest BCUT2D eigenvalue weighted by Gasteiger charge is 2.44. The Morgan fingerprint density at radius 1 is 1.17 bits per heavy atom. The third kappa shape index (κ3) is 4.97. The van der Waals surface area contributed by atoms with Crippen LogP contribution in [0.5, 0.6) is 5.88 Å². The molecule has 2 bridgehead atoms. The summed E-state index contributed by atoms with van der Waals surface area (Å²) in [4.78, 5) is 18.0. The number of allylic oxidation sites excluding steroid dienone is 1. The molecule has 0 saturated carbocycles. The molecule has 0 radical (unpaired) electrons. The van der Waals surface area contributed by atoms with Crippen LogP contribution in [0, 0.1) is 23.2 Å². The van der Waals surface area contributed by atoms with E-state index in [2.05, 4.69) is 54.9 Å². The van der Waals surface area contributed by atoms with Gasteiger partial charge >= 0.3 is 0 Å². The van der Waals surface area contributed by atoms with Crippen molar-refractivity contribution in [3.05, 3.63) is 78.0 Å². The van der Waals surface area contributed by atoms with Crippen molar-refractivity contribution in [2.45, 2.75) is 18.5 Å². The fourth-order valence-electron chi connectivity index (χ4n) is 5.61. The lowest BCUT2D eigenvalue weighted by Crippen LogP contribution is -2.68. The molecule has 0 amide bonds. The lowest BCUT2D eigenvalue weighted by atomic mass is 9.87. The molecular weight excluding hydrogens is 514 g/mol. The first kappa shape index (κ1) is 26.1. The number of hydrogen-bond donors (Lipinski definition) is 1. The van der Waals surface area contributed by atoms with Gasteiger partial charge in [-0.3, -0.25) is 9.89 Å². The van der Waals surface area contributed by atoms with E-state index in [0.29, 0.717) is 23.5 Å². The minimum absolute atomic E-state index is 0.460. The zero-order valence-corrected chi connectivity index (χ0v) is 22.9. The maximum Gasteiger partial charge on any atom is 0.212 e. The van der Waals surface area contributed by atoms with Gasteiger partial charge in [-0.2, -0.15) is 10.4 Å². The first-order valence-electron chi connectivity index (χ1n) is 13.3. The van der Waals surface area contributed by atoms with E-state index in [1.54, 1.807) is 37.3 Å². The summed E-state index contributed by atoms with van der Waals surface area (Å²) in [6, 6.07) is 13.0. The number of methoxy groups -OCH3 is 1. The normalized spacial score (nSPS) is 18.6. The molecule has 4 aromatic heterocycles. The van der Waals surface area contributed by atoms with Gasteiger partial charge in [0.05, 0.1) is 30.9 Å². The van der Waals surface area contributed by atoms with E-state index in [1.165, 1.54) is 12.6 Å². The van der Waals surface area contributed by atoms with Gasteiger partial charge in [-0.15, -0.1) is 0 Å².